The highest BCUT2D eigenvalue weighted by atomic mass is 32.2. The molecular formula is C12H20N2O2S. The lowest BCUT2D eigenvalue weighted by molar-refractivity contribution is 0.114. The van der Waals surface area contributed by atoms with Crippen molar-refractivity contribution in [3.05, 3.63) is 11.5 Å². The molecule has 0 aromatic heterocycles. The standard InChI is InChI=1S/C12H20N2O2S/c1-9-6-13-12(10-2-3-10)7-14(9)11-4-5-17(15,16)8-11/h4-5,9-13H,2-3,6-8H2,1H3. The lowest BCUT2D eigenvalue weighted by Gasteiger charge is -2.41. The molecule has 96 valence electrons. The zero-order chi connectivity index (χ0) is 12.0. The first-order valence-electron chi connectivity index (χ1n) is 6.45. The summed E-state index contributed by atoms with van der Waals surface area (Å²) in [5.41, 5.74) is 0. The van der Waals surface area contributed by atoms with Gasteiger partial charge in [-0.2, -0.15) is 0 Å². The highest BCUT2D eigenvalue weighted by molar-refractivity contribution is 7.94. The Morgan fingerprint density at radius 3 is 2.71 bits per heavy atom. The van der Waals surface area contributed by atoms with Gasteiger partial charge in [0.2, 0.25) is 0 Å². The molecule has 2 heterocycles. The zero-order valence-corrected chi connectivity index (χ0v) is 11.0. The minimum absolute atomic E-state index is 0.0957. The van der Waals surface area contributed by atoms with Crippen molar-refractivity contribution in [1.82, 2.24) is 10.2 Å². The van der Waals surface area contributed by atoms with E-state index in [0.717, 1.165) is 19.0 Å². The van der Waals surface area contributed by atoms with E-state index in [2.05, 4.69) is 17.1 Å². The molecule has 0 aromatic rings. The second-order valence-corrected chi connectivity index (χ2v) is 7.55. The molecule has 4 nitrogen and oxygen atoms in total. The second kappa shape index (κ2) is 4.07. The molecule has 3 unspecified atom stereocenters. The fraction of sp³-hybridized carbons (Fsp3) is 0.833. The maximum Gasteiger partial charge on any atom is 0.173 e. The summed E-state index contributed by atoms with van der Waals surface area (Å²) in [7, 11) is -2.93. The number of sulfone groups is 1. The van der Waals surface area contributed by atoms with Crippen molar-refractivity contribution in [3.8, 4) is 0 Å². The summed E-state index contributed by atoms with van der Waals surface area (Å²) in [6, 6.07) is 1.09. The summed E-state index contributed by atoms with van der Waals surface area (Å²) in [6.45, 7) is 4.15. The smallest absolute Gasteiger partial charge is 0.173 e. The van der Waals surface area contributed by atoms with Crippen LogP contribution >= 0.6 is 0 Å². The maximum absolute atomic E-state index is 11.5. The van der Waals surface area contributed by atoms with E-state index in [1.807, 2.05) is 6.08 Å². The Labute approximate surface area is 103 Å². The molecule has 0 radical (unpaired) electrons. The van der Waals surface area contributed by atoms with Crippen molar-refractivity contribution in [2.75, 3.05) is 18.8 Å². The van der Waals surface area contributed by atoms with Crippen molar-refractivity contribution in [1.29, 1.82) is 0 Å². The van der Waals surface area contributed by atoms with Gasteiger partial charge in [-0.05, 0) is 25.7 Å². The fourth-order valence-corrected chi connectivity index (χ4v) is 4.26. The zero-order valence-electron chi connectivity index (χ0n) is 10.2. The van der Waals surface area contributed by atoms with Crippen LogP contribution in [0.15, 0.2) is 11.5 Å². The van der Waals surface area contributed by atoms with Gasteiger partial charge in [0.1, 0.15) is 0 Å². The third-order valence-electron chi connectivity index (χ3n) is 4.18. The summed E-state index contributed by atoms with van der Waals surface area (Å²) >= 11 is 0. The minimum Gasteiger partial charge on any atom is -0.311 e. The van der Waals surface area contributed by atoms with E-state index in [-0.39, 0.29) is 11.8 Å². The predicted octanol–water partition coefficient (Wildman–Crippen LogP) is 0.369. The van der Waals surface area contributed by atoms with Gasteiger partial charge in [0.15, 0.2) is 9.84 Å². The van der Waals surface area contributed by atoms with E-state index in [9.17, 15) is 8.42 Å². The van der Waals surface area contributed by atoms with E-state index in [1.165, 1.54) is 18.2 Å². The van der Waals surface area contributed by atoms with Gasteiger partial charge in [-0.25, -0.2) is 8.42 Å². The molecule has 0 bridgehead atoms. The first kappa shape index (κ1) is 11.7. The fourth-order valence-electron chi connectivity index (χ4n) is 2.95. The molecule has 1 N–H and O–H groups in total. The number of hydrogen-bond donors (Lipinski definition) is 1. The lowest BCUT2D eigenvalue weighted by atomic mass is 10.0. The van der Waals surface area contributed by atoms with Gasteiger partial charge in [-0.15, -0.1) is 0 Å². The van der Waals surface area contributed by atoms with Crippen LogP contribution in [0.25, 0.3) is 0 Å². The van der Waals surface area contributed by atoms with Crippen LogP contribution in [0.2, 0.25) is 0 Å². The SMILES string of the molecule is CC1CNC(C2CC2)CN1C1C=CS(=O)(=O)C1. The molecule has 3 aliphatic rings. The number of nitrogens with one attached hydrogen (secondary N) is 1. The number of hydrogen-bond acceptors (Lipinski definition) is 4. The first-order valence-corrected chi connectivity index (χ1v) is 8.17. The number of rotatable bonds is 2. The van der Waals surface area contributed by atoms with E-state index in [4.69, 9.17) is 0 Å². The van der Waals surface area contributed by atoms with Gasteiger partial charge >= 0.3 is 0 Å². The predicted molar refractivity (Wildman–Crippen MR) is 67.4 cm³/mol. The molecule has 1 saturated carbocycles. The van der Waals surface area contributed by atoms with Crippen LogP contribution in [0.1, 0.15) is 19.8 Å². The van der Waals surface area contributed by atoms with Crippen molar-refractivity contribution in [2.45, 2.75) is 37.9 Å². The van der Waals surface area contributed by atoms with Crippen LogP contribution < -0.4 is 5.32 Å². The van der Waals surface area contributed by atoms with Crippen molar-refractivity contribution < 1.29 is 8.42 Å². The van der Waals surface area contributed by atoms with E-state index < -0.39 is 9.84 Å². The summed E-state index contributed by atoms with van der Waals surface area (Å²) in [5.74, 6) is 1.10. The van der Waals surface area contributed by atoms with E-state index in [1.54, 1.807) is 0 Å². The molecule has 1 aliphatic carbocycles. The van der Waals surface area contributed by atoms with Gasteiger partial charge in [0, 0.05) is 36.6 Å². The monoisotopic (exact) mass is 256 g/mol. The Morgan fingerprint density at radius 2 is 2.12 bits per heavy atom. The Hall–Kier alpha value is -0.390. The Bertz CT molecular complexity index is 428. The highest BCUT2D eigenvalue weighted by Crippen LogP contribution is 2.35. The van der Waals surface area contributed by atoms with Crippen LogP contribution in [0.4, 0.5) is 0 Å². The minimum atomic E-state index is -2.93. The van der Waals surface area contributed by atoms with Crippen molar-refractivity contribution >= 4 is 9.84 Å². The van der Waals surface area contributed by atoms with Crippen LogP contribution in [0.3, 0.4) is 0 Å². The average Bonchev–Trinajstić information content (AvgIpc) is 3.04. The molecule has 3 atom stereocenters. The Morgan fingerprint density at radius 1 is 1.35 bits per heavy atom. The van der Waals surface area contributed by atoms with Gasteiger partial charge in [0.05, 0.1) is 5.75 Å². The molecule has 0 aromatic carbocycles. The largest absolute Gasteiger partial charge is 0.311 e. The Balaban J connectivity index is 1.70. The van der Waals surface area contributed by atoms with Gasteiger partial charge in [-0.1, -0.05) is 6.08 Å². The molecule has 5 heteroatoms. The quantitative estimate of drug-likeness (QED) is 0.775. The van der Waals surface area contributed by atoms with Crippen LogP contribution in [-0.4, -0.2) is 50.3 Å². The van der Waals surface area contributed by atoms with E-state index in [0.29, 0.717) is 12.1 Å². The molecule has 17 heavy (non-hydrogen) atoms. The third-order valence-corrected chi connectivity index (χ3v) is 5.56. The molecule has 0 amide bonds. The third kappa shape index (κ3) is 2.41. The summed E-state index contributed by atoms with van der Waals surface area (Å²) in [4.78, 5) is 2.36. The second-order valence-electron chi connectivity index (χ2n) is 5.62. The average molecular weight is 256 g/mol. The van der Waals surface area contributed by atoms with Gasteiger partial charge in [-0.3, -0.25) is 4.90 Å². The topological polar surface area (TPSA) is 49.4 Å². The summed E-state index contributed by atoms with van der Waals surface area (Å²) in [6.07, 6.45) is 4.53. The Kier molecular flexibility index (Phi) is 2.80. The first-order chi connectivity index (χ1) is 8.05. The van der Waals surface area contributed by atoms with Crippen molar-refractivity contribution in [2.24, 2.45) is 5.92 Å². The van der Waals surface area contributed by atoms with E-state index >= 15 is 0 Å². The molecule has 3 rings (SSSR count). The molecule has 0 spiro atoms. The summed E-state index contributed by atoms with van der Waals surface area (Å²) in [5, 5.41) is 4.98. The summed E-state index contributed by atoms with van der Waals surface area (Å²) < 4.78 is 23.0. The van der Waals surface area contributed by atoms with Crippen LogP contribution in [0, 0.1) is 5.92 Å². The molecule has 2 aliphatic heterocycles. The number of piperazine rings is 1. The maximum atomic E-state index is 11.5. The normalized spacial score (nSPS) is 41.8. The lowest BCUT2D eigenvalue weighted by Crippen LogP contribution is -2.59. The van der Waals surface area contributed by atoms with Gasteiger partial charge < -0.3 is 5.32 Å². The molecule has 1 saturated heterocycles. The van der Waals surface area contributed by atoms with Gasteiger partial charge in [0.25, 0.3) is 0 Å². The van der Waals surface area contributed by atoms with Crippen LogP contribution in [0.5, 0.6) is 0 Å². The van der Waals surface area contributed by atoms with Crippen molar-refractivity contribution in [3.63, 3.8) is 0 Å². The highest BCUT2D eigenvalue weighted by Gasteiger charge is 2.39. The van der Waals surface area contributed by atoms with Crippen LogP contribution in [-0.2, 0) is 9.84 Å². The molecule has 2 fully saturated rings. The molecular weight excluding hydrogens is 236 g/mol. The number of nitrogens with zero attached hydrogens (tertiary/aromatic N) is 1.